The lowest BCUT2D eigenvalue weighted by Crippen LogP contribution is -2.38. The molecule has 2 aliphatic rings. The van der Waals surface area contributed by atoms with Crippen LogP contribution in [-0.2, 0) is 9.53 Å². The highest BCUT2D eigenvalue weighted by atomic mass is 32.2. The maximum atomic E-state index is 12.7. The monoisotopic (exact) mass is 460 g/mol. The highest BCUT2D eigenvalue weighted by molar-refractivity contribution is 8.18. The number of aromatic nitrogens is 2. The van der Waals surface area contributed by atoms with E-state index in [2.05, 4.69) is 9.89 Å². The summed E-state index contributed by atoms with van der Waals surface area (Å²) in [4.78, 5) is 19.7. The standard InChI is InChI=1S/C25H24N4O3S/c1-2-32-21-10-6-7-18(15-21)23-19(17-29(27-23)20-8-4-3-5-9-20)16-22-24(30)26-25(33-22)28-11-13-31-14-12-28/h3-10,15-17H,2,11-14H2,1H3. The van der Waals surface area contributed by atoms with E-state index in [9.17, 15) is 4.79 Å². The number of aliphatic imine (C=N–C) groups is 1. The van der Waals surface area contributed by atoms with Crippen molar-refractivity contribution in [2.45, 2.75) is 6.92 Å². The first-order valence-electron chi connectivity index (χ1n) is 10.9. The molecular formula is C25H24N4O3S. The second-order valence-corrected chi connectivity index (χ2v) is 8.59. The molecule has 0 spiro atoms. The van der Waals surface area contributed by atoms with E-state index >= 15 is 0 Å². The molecule has 5 rings (SSSR count). The first-order chi connectivity index (χ1) is 16.2. The first-order valence-corrected chi connectivity index (χ1v) is 11.8. The Bertz CT molecular complexity index is 1210. The number of carbonyl (C=O) groups is 1. The van der Waals surface area contributed by atoms with Crippen LogP contribution >= 0.6 is 11.8 Å². The second-order valence-electron chi connectivity index (χ2n) is 7.58. The van der Waals surface area contributed by atoms with Gasteiger partial charge in [-0.15, -0.1) is 0 Å². The van der Waals surface area contributed by atoms with Gasteiger partial charge in [-0.2, -0.15) is 10.1 Å². The minimum absolute atomic E-state index is 0.219. The molecule has 0 aliphatic carbocycles. The molecule has 8 heteroatoms. The van der Waals surface area contributed by atoms with Gasteiger partial charge in [-0.25, -0.2) is 4.68 Å². The van der Waals surface area contributed by atoms with Crippen LogP contribution in [-0.4, -0.2) is 58.7 Å². The fourth-order valence-electron chi connectivity index (χ4n) is 3.76. The molecule has 1 amide bonds. The van der Waals surface area contributed by atoms with Crippen molar-refractivity contribution in [3.05, 3.63) is 71.3 Å². The van der Waals surface area contributed by atoms with E-state index in [1.54, 1.807) is 0 Å². The van der Waals surface area contributed by atoms with Gasteiger partial charge in [0.2, 0.25) is 0 Å². The molecule has 33 heavy (non-hydrogen) atoms. The largest absolute Gasteiger partial charge is 0.494 e. The molecule has 3 aromatic rings. The van der Waals surface area contributed by atoms with E-state index in [1.165, 1.54) is 11.8 Å². The molecule has 0 radical (unpaired) electrons. The van der Waals surface area contributed by atoms with E-state index in [-0.39, 0.29) is 5.91 Å². The van der Waals surface area contributed by atoms with Crippen LogP contribution in [0.2, 0.25) is 0 Å². The van der Waals surface area contributed by atoms with Crippen molar-refractivity contribution in [1.82, 2.24) is 14.7 Å². The lowest BCUT2D eigenvalue weighted by Gasteiger charge is -2.27. The molecule has 168 valence electrons. The van der Waals surface area contributed by atoms with Crippen LogP contribution in [0.1, 0.15) is 12.5 Å². The minimum Gasteiger partial charge on any atom is -0.494 e. The quantitative estimate of drug-likeness (QED) is 0.531. The van der Waals surface area contributed by atoms with E-state index in [1.807, 2.05) is 78.5 Å². The van der Waals surface area contributed by atoms with Gasteiger partial charge >= 0.3 is 0 Å². The topological polar surface area (TPSA) is 68.9 Å². The maximum absolute atomic E-state index is 12.7. The molecule has 3 heterocycles. The molecule has 0 unspecified atom stereocenters. The molecule has 1 aromatic heterocycles. The zero-order chi connectivity index (χ0) is 22.6. The average Bonchev–Trinajstić information content (AvgIpc) is 3.45. The Morgan fingerprint density at radius 2 is 1.94 bits per heavy atom. The van der Waals surface area contributed by atoms with E-state index < -0.39 is 0 Å². The van der Waals surface area contributed by atoms with Crippen molar-refractivity contribution in [2.24, 2.45) is 4.99 Å². The summed E-state index contributed by atoms with van der Waals surface area (Å²) in [5.74, 6) is 0.565. The fourth-order valence-corrected chi connectivity index (χ4v) is 4.71. The van der Waals surface area contributed by atoms with Gasteiger partial charge in [0.15, 0.2) is 5.17 Å². The summed E-state index contributed by atoms with van der Waals surface area (Å²) < 4.78 is 12.9. The van der Waals surface area contributed by atoms with Gasteiger partial charge in [0, 0.05) is 30.4 Å². The Kier molecular flexibility index (Phi) is 6.28. The highest BCUT2D eigenvalue weighted by Gasteiger charge is 2.28. The average molecular weight is 461 g/mol. The maximum Gasteiger partial charge on any atom is 0.286 e. The summed E-state index contributed by atoms with van der Waals surface area (Å²) in [7, 11) is 0. The van der Waals surface area contributed by atoms with Crippen LogP contribution in [0, 0.1) is 0 Å². The SMILES string of the molecule is CCOc1cccc(-c2nn(-c3ccccc3)cc2C=C2SC(N3CCOCC3)=NC2=O)c1. The first kappa shape index (κ1) is 21.5. The number of hydrogen-bond donors (Lipinski definition) is 0. The molecule has 0 atom stereocenters. The number of thioether (sulfide) groups is 1. The van der Waals surface area contributed by atoms with Crippen LogP contribution in [0.15, 0.2) is 70.7 Å². The summed E-state index contributed by atoms with van der Waals surface area (Å²) in [6, 6.07) is 17.8. The van der Waals surface area contributed by atoms with Gasteiger partial charge in [-0.3, -0.25) is 4.79 Å². The van der Waals surface area contributed by atoms with Crippen LogP contribution in [0.4, 0.5) is 0 Å². The predicted octanol–water partition coefficient (Wildman–Crippen LogP) is 4.24. The Labute approximate surface area is 196 Å². The van der Waals surface area contributed by atoms with Gasteiger partial charge in [0.1, 0.15) is 11.4 Å². The third-order valence-corrected chi connectivity index (χ3v) is 6.40. The molecule has 0 bridgehead atoms. The smallest absolute Gasteiger partial charge is 0.286 e. The van der Waals surface area contributed by atoms with Gasteiger partial charge < -0.3 is 14.4 Å². The summed E-state index contributed by atoms with van der Waals surface area (Å²) in [5.41, 5.74) is 3.50. The minimum atomic E-state index is -0.219. The third kappa shape index (κ3) is 4.72. The molecule has 1 fully saturated rings. The van der Waals surface area contributed by atoms with Crippen molar-refractivity contribution in [3.63, 3.8) is 0 Å². The number of nitrogens with zero attached hydrogens (tertiary/aromatic N) is 4. The molecule has 0 N–H and O–H groups in total. The number of hydrogen-bond acceptors (Lipinski definition) is 6. The lowest BCUT2D eigenvalue weighted by atomic mass is 10.1. The van der Waals surface area contributed by atoms with Crippen molar-refractivity contribution < 1.29 is 14.3 Å². The highest BCUT2D eigenvalue weighted by Crippen LogP contribution is 2.34. The van der Waals surface area contributed by atoms with Gasteiger partial charge in [-0.1, -0.05) is 30.3 Å². The Hall–Kier alpha value is -3.36. The lowest BCUT2D eigenvalue weighted by molar-refractivity contribution is -0.113. The number of amides is 1. The van der Waals surface area contributed by atoms with Gasteiger partial charge in [-0.05, 0) is 49.0 Å². The second kappa shape index (κ2) is 9.64. The number of para-hydroxylation sites is 1. The zero-order valence-electron chi connectivity index (χ0n) is 18.3. The Balaban J connectivity index is 1.52. The van der Waals surface area contributed by atoms with E-state index in [4.69, 9.17) is 14.6 Å². The van der Waals surface area contributed by atoms with Crippen molar-refractivity contribution in [1.29, 1.82) is 0 Å². The fraction of sp³-hybridized carbons (Fsp3) is 0.240. The zero-order valence-corrected chi connectivity index (χ0v) is 19.1. The van der Waals surface area contributed by atoms with Crippen molar-refractivity contribution >= 4 is 28.9 Å². The van der Waals surface area contributed by atoms with E-state index in [0.717, 1.165) is 46.5 Å². The molecule has 7 nitrogen and oxygen atoms in total. The molecule has 2 aromatic carbocycles. The number of amidine groups is 1. The molecule has 2 aliphatic heterocycles. The third-order valence-electron chi connectivity index (χ3n) is 5.36. The summed E-state index contributed by atoms with van der Waals surface area (Å²) in [6.07, 6.45) is 3.84. The van der Waals surface area contributed by atoms with Crippen LogP contribution < -0.4 is 4.74 Å². The van der Waals surface area contributed by atoms with E-state index in [0.29, 0.717) is 24.7 Å². The van der Waals surface area contributed by atoms with Crippen LogP contribution in [0.3, 0.4) is 0 Å². The Morgan fingerprint density at radius 1 is 1.12 bits per heavy atom. The number of carbonyl (C=O) groups excluding carboxylic acids is 1. The summed E-state index contributed by atoms with van der Waals surface area (Å²) in [5, 5.41) is 5.60. The van der Waals surface area contributed by atoms with Crippen molar-refractivity contribution in [3.8, 4) is 22.7 Å². The Morgan fingerprint density at radius 3 is 2.73 bits per heavy atom. The van der Waals surface area contributed by atoms with Gasteiger partial charge in [0.05, 0.1) is 30.4 Å². The number of morpholine rings is 1. The normalized spacial score (nSPS) is 17.5. The summed E-state index contributed by atoms with van der Waals surface area (Å²) >= 11 is 1.41. The molecule has 1 saturated heterocycles. The van der Waals surface area contributed by atoms with Crippen LogP contribution in [0.5, 0.6) is 5.75 Å². The number of ether oxygens (including phenoxy) is 2. The predicted molar refractivity (Wildman–Crippen MR) is 131 cm³/mol. The van der Waals surface area contributed by atoms with Gasteiger partial charge in [0.25, 0.3) is 5.91 Å². The molecule has 0 saturated carbocycles. The number of rotatable bonds is 5. The summed E-state index contributed by atoms with van der Waals surface area (Å²) in [6.45, 7) is 5.34. The van der Waals surface area contributed by atoms with Crippen LogP contribution in [0.25, 0.3) is 23.0 Å². The molecular weight excluding hydrogens is 436 g/mol. The number of benzene rings is 2. The van der Waals surface area contributed by atoms with Crippen molar-refractivity contribution in [2.75, 3.05) is 32.9 Å².